The highest BCUT2D eigenvalue weighted by Crippen LogP contribution is 2.34. The zero-order valence-corrected chi connectivity index (χ0v) is 23.1. The van der Waals surface area contributed by atoms with Crippen molar-refractivity contribution in [2.75, 3.05) is 31.1 Å². The second-order valence-electron chi connectivity index (χ2n) is 10.6. The third kappa shape index (κ3) is 4.60. The maximum Gasteiger partial charge on any atom is 0.356 e. The van der Waals surface area contributed by atoms with Crippen molar-refractivity contribution < 1.29 is 13.9 Å². The average molecular weight is 560 g/mol. The highest BCUT2D eigenvalue weighted by molar-refractivity contribution is 5.90. The molecule has 0 spiro atoms. The fourth-order valence-electron chi connectivity index (χ4n) is 5.45. The summed E-state index contributed by atoms with van der Waals surface area (Å²) in [6.07, 6.45) is 5.76. The van der Waals surface area contributed by atoms with Crippen LogP contribution in [-0.4, -0.2) is 77.6 Å². The standard InChI is InChI=1S/C28H30FN9O3/c1-5-22(39)35-10-11-36(17(4)14-35)25-19-13-20(29)27-31-26(19)38(28(40)32-25)24-21(8-9-30-23(24)16(2)3)41-12-6-7-18-15-37(27)34-33-18/h5,8-9,13,15-17H,1,6-7,10-12,14H2,2-4H3/t17-/m0/s1. The first-order valence-corrected chi connectivity index (χ1v) is 13.6. The number of ether oxygens (including phenoxy) is 1. The van der Waals surface area contributed by atoms with Gasteiger partial charge in [0.1, 0.15) is 17.3 Å². The molecule has 4 aromatic rings. The highest BCUT2D eigenvalue weighted by atomic mass is 19.1. The molecule has 6 heterocycles. The number of anilines is 1. The van der Waals surface area contributed by atoms with Gasteiger partial charge in [0, 0.05) is 37.9 Å². The van der Waals surface area contributed by atoms with Crippen LogP contribution < -0.4 is 15.3 Å². The van der Waals surface area contributed by atoms with Crippen LogP contribution in [0.4, 0.5) is 10.2 Å². The molecule has 0 aromatic carbocycles. The van der Waals surface area contributed by atoms with Crippen molar-refractivity contribution in [1.82, 2.24) is 39.4 Å². The SMILES string of the molecule is C=CC(=O)N1CCN(c2nc(=O)n3c4nc(c(F)cc24)-n2cc(nn2)CCCOc2ccnc(C(C)C)c2-3)[C@@H](C)C1. The maximum absolute atomic E-state index is 15.8. The van der Waals surface area contributed by atoms with E-state index in [1.165, 1.54) is 21.4 Å². The van der Waals surface area contributed by atoms with E-state index >= 15 is 4.39 Å². The molecule has 1 amide bonds. The van der Waals surface area contributed by atoms with Crippen molar-refractivity contribution in [3.63, 3.8) is 0 Å². The van der Waals surface area contributed by atoms with E-state index in [1.54, 1.807) is 23.4 Å². The molecule has 212 valence electrons. The number of pyridine rings is 2. The zero-order valence-electron chi connectivity index (χ0n) is 23.1. The topological polar surface area (TPSA) is 124 Å². The Morgan fingerprint density at radius 2 is 2.07 bits per heavy atom. The molecule has 1 saturated heterocycles. The van der Waals surface area contributed by atoms with Crippen LogP contribution >= 0.6 is 0 Å². The van der Waals surface area contributed by atoms with Gasteiger partial charge in [0.15, 0.2) is 17.3 Å². The monoisotopic (exact) mass is 559 g/mol. The first-order valence-electron chi connectivity index (χ1n) is 13.6. The molecule has 0 saturated carbocycles. The number of carbonyl (C=O) groups is 1. The Balaban J connectivity index is 1.64. The van der Waals surface area contributed by atoms with Crippen molar-refractivity contribution in [2.45, 2.75) is 45.6 Å². The van der Waals surface area contributed by atoms with E-state index in [0.717, 1.165) is 0 Å². The van der Waals surface area contributed by atoms with Crippen molar-refractivity contribution >= 4 is 22.8 Å². The van der Waals surface area contributed by atoms with Crippen LogP contribution in [0.3, 0.4) is 0 Å². The Labute approximate surface area is 235 Å². The van der Waals surface area contributed by atoms with E-state index in [1.807, 2.05) is 25.7 Å². The number of hydrogen-bond acceptors (Lipinski definition) is 9. The van der Waals surface area contributed by atoms with Crippen molar-refractivity contribution in [1.29, 1.82) is 0 Å². The summed E-state index contributed by atoms with van der Waals surface area (Å²) < 4.78 is 24.6. The molecule has 0 N–H and O–H groups in total. The predicted molar refractivity (Wildman–Crippen MR) is 149 cm³/mol. The van der Waals surface area contributed by atoms with Gasteiger partial charge in [-0.2, -0.15) is 9.67 Å². The van der Waals surface area contributed by atoms with E-state index in [4.69, 9.17) is 4.74 Å². The summed E-state index contributed by atoms with van der Waals surface area (Å²) >= 11 is 0. The molecule has 41 heavy (non-hydrogen) atoms. The van der Waals surface area contributed by atoms with E-state index in [9.17, 15) is 9.59 Å². The zero-order chi connectivity index (χ0) is 28.8. The van der Waals surface area contributed by atoms with Gasteiger partial charge in [-0.1, -0.05) is 25.6 Å². The molecular weight excluding hydrogens is 529 g/mol. The first-order chi connectivity index (χ1) is 19.8. The number of amides is 1. The molecule has 0 radical (unpaired) electrons. The molecular formula is C28H30FN9O3. The largest absolute Gasteiger partial charge is 0.491 e. The lowest BCUT2D eigenvalue weighted by atomic mass is 10.1. The third-order valence-electron chi connectivity index (χ3n) is 7.45. The van der Waals surface area contributed by atoms with E-state index < -0.39 is 11.5 Å². The van der Waals surface area contributed by atoms with Gasteiger partial charge in [-0.05, 0) is 37.8 Å². The molecule has 4 bridgehead atoms. The van der Waals surface area contributed by atoms with Gasteiger partial charge in [-0.25, -0.2) is 18.7 Å². The van der Waals surface area contributed by atoms with Crippen LogP contribution in [0.1, 0.15) is 44.5 Å². The number of rotatable bonds is 3. The van der Waals surface area contributed by atoms with Crippen molar-refractivity contribution in [3.8, 4) is 17.3 Å². The fraction of sp³-hybridized carbons (Fsp3) is 0.393. The van der Waals surface area contributed by atoms with Gasteiger partial charge in [-0.15, -0.1) is 5.10 Å². The van der Waals surface area contributed by atoms with Gasteiger partial charge >= 0.3 is 5.69 Å². The first kappa shape index (κ1) is 26.5. The summed E-state index contributed by atoms with van der Waals surface area (Å²) in [6, 6.07) is 2.83. The van der Waals surface area contributed by atoms with E-state index in [-0.39, 0.29) is 29.3 Å². The minimum absolute atomic E-state index is 0.0706. The smallest absolute Gasteiger partial charge is 0.356 e. The third-order valence-corrected chi connectivity index (χ3v) is 7.45. The fourth-order valence-corrected chi connectivity index (χ4v) is 5.45. The maximum atomic E-state index is 15.8. The number of fused-ring (bicyclic) bond motifs is 6. The summed E-state index contributed by atoms with van der Waals surface area (Å²) in [5, 5.41) is 8.60. The van der Waals surface area contributed by atoms with Gasteiger partial charge in [0.25, 0.3) is 0 Å². The summed E-state index contributed by atoms with van der Waals surface area (Å²) in [5.74, 6) is -0.224. The minimum atomic E-state index is -0.642. The van der Waals surface area contributed by atoms with E-state index in [2.05, 4.69) is 31.8 Å². The number of aromatic nitrogens is 7. The van der Waals surface area contributed by atoms with Gasteiger partial charge in [-0.3, -0.25) is 9.78 Å². The number of aryl methyl sites for hydroxylation is 1. The highest BCUT2D eigenvalue weighted by Gasteiger charge is 2.31. The second-order valence-corrected chi connectivity index (χ2v) is 10.6. The average Bonchev–Trinajstić information content (AvgIpc) is 3.43. The Hall–Kier alpha value is -4.68. The van der Waals surface area contributed by atoms with Crippen LogP contribution in [0.2, 0.25) is 0 Å². The van der Waals surface area contributed by atoms with Gasteiger partial charge < -0.3 is 14.5 Å². The summed E-state index contributed by atoms with van der Waals surface area (Å²) in [7, 11) is 0. The molecule has 13 heteroatoms. The molecule has 4 aromatic heterocycles. The number of halogens is 1. The molecule has 0 unspecified atom stereocenters. The van der Waals surface area contributed by atoms with Gasteiger partial charge in [0.05, 0.1) is 29.6 Å². The summed E-state index contributed by atoms with van der Waals surface area (Å²) in [6.45, 7) is 11.0. The molecule has 12 nitrogen and oxygen atoms in total. The molecule has 0 aliphatic carbocycles. The Kier molecular flexibility index (Phi) is 6.72. The quantitative estimate of drug-likeness (QED) is 0.348. The van der Waals surface area contributed by atoms with Crippen LogP contribution in [0.15, 0.2) is 42.0 Å². The van der Waals surface area contributed by atoms with Crippen LogP contribution in [0, 0.1) is 5.82 Å². The Bertz CT molecular complexity index is 1730. The number of piperazine rings is 1. The van der Waals surface area contributed by atoms with Crippen LogP contribution in [-0.2, 0) is 11.2 Å². The van der Waals surface area contributed by atoms with E-state index in [0.29, 0.717) is 73.1 Å². The lowest BCUT2D eigenvalue weighted by Crippen LogP contribution is -2.54. The van der Waals surface area contributed by atoms with Crippen molar-refractivity contribution in [3.05, 3.63) is 64.9 Å². The molecule has 2 aliphatic heterocycles. The Morgan fingerprint density at radius 1 is 1.24 bits per heavy atom. The molecule has 1 atom stereocenters. The normalized spacial score (nSPS) is 17.0. The number of hydrogen-bond donors (Lipinski definition) is 0. The number of carbonyl (C=O) groups excluding carboxylic acids is 1. The Morgan fingerprint density at radius 3 is 2.83 bits per heavy atom. The van der Waals surface area contributed by atoms with Crippen LogP contribution in [0.25, 0.3) is 22.5 Å². The van der Waals surface area contributed by atoms with Crippen LogP contribution in [0.5, 0.6) is 5.75 Å². The molecule has 6 rings (SSSR count). The van der Waals surface area contributed by atoms with Crippen molar-refractivity contribution in [2.24, 2.45) is 0 Å². The lowest BCUT2D eigenvalue weighted by molar-refractivity contribution is -0.126. The van der Waals surface area contributed by atoms with Gasteiger partial charge in [0.2, 0.25) is 5.91 Å². The molecule has 1 fully saturated rings. The molecule has 2 aliphatic rings. The predicted octanol–water partition coefficient (Wildman–Crippen LogP) is 2.57. The summed E-state index contributed by atoms with van der Waals surface area (Å²) in [5.41, 5.74) is 1.29. The number of nitrogens with zero attached hydrogens (tertiary/aromatic N) is 9. The lowest BCUT2D eigenvalue weighted by Gasteiger charge is -2.40. The minimum Gasteiger partial charge on any atom is -0.491 e. The summed E-state index contributed by atoms with van der Waals surface area (Å²) in [4.78, 5) is 43.6. The second kappa shape index (κ2) is 10.4.